The van der Waals surface area contributed by atoms with Crippen LogP contribution < -0.4 is 0 Å². The number of hydrogen-bond acceptors (Lipinski definition) is 10. The Morgan fingerprint density at radius 1 is 0.909 bits per heavy atom. The Bertz CT molecular complexity index is 228. The molecule has 10 heteroatoms. The molecule has 0 aliphatic carbocycles. The molecule has 0 aromatic rings. The smallest absolute Gasteiger partial charge is 0.0700 e. The molecule has 22 heavy (non-hydrogen) atoms. The third-order valence-electron chi connectivity index (χ3n) is 2.33. The van der Waals surface area contributed by atoms with Crippen LogP contribution in [0.5, 0.6) is 0 Å². The molecule has 0 bridgehead atoms. The van der Waals surface area contributed by atoms with Crippen LogP contribution in [0.2, 0.25) is 0 Å². The first kappa shape index (κ1) is 23.9. The molecule has 0 aliphatic heterocycles. The minimum atomic E-state index is 0.222. The van der Waals surface area contributed by atoms with E-state index in [-0.39, 0.29) is 5.25 Å². The summed E-state index contributed by atoms with van der Waals surface area (Å²) < 4.78 is 21.1. The fraction of sp³-hybridized carbons (Fsp3) is 1.00. The summed E-state index contributed by atoms with van der Waals surface area (Å²) in [6.07, 6.45) is 0. The van der Waals surface area contributed by atoms with Gasteiger partial charge in [-0.25, -0.2) is 0 Å². The molecule has 0 saturated carbocycles. The summed E-state index contributed by atoms with van der Waals surface area (Å²) in [7, 11) is 8.31. The molecule has 4 nitrogen and oxygen atoms in total. The Hall–Kier alpha value is 1.94. The molecule has 0 N–H and O–H groups in total. The molecule has 0 saturated heterocycles. The van der Waals surface area contributed by atoms with Gasteiger partial charge in [0.1, 0.15) is 0 Å². The van der Waals surface area contributed by atoms with Gasteiger partial charge in [0.2, 0.25) is 0 Å². The van der Waals surface area contributed by atoms with Gasteiger partial charge in [0.25, 0.3) is 0 Å². The highest BCUT2D eigenvalue weighted by Gasteiger charge is 2.13. The van der Waals surface area contributed by atoms with E-state index in [0.717, 1.165) is 18.1 Å². The van der Waals surface area contributed by atoms with Crippen molar-refractivity contribution in [2.24, 2.45) is 0 Å². The van der Waals surface area contributed by atoms with Crippen LogP contribution in [0.4, 0.5) is 0 Å². The molecule has 0 aromatic carbocycles. The van der Waals surface area contributed by atoms with Crippen LogP contribution in [0.25, 0.3) is 0 Å². The SMILES string of the molecule is COCCOCC(S)CSC(COCCOC)CSSSS. The topological polar surface area (TPSA) is 36.9 Å². The first-order chi connectivity index (χ1) is 10.7. The molecular formula is C12H26O4S6. The standard InChI is InChI=1S/C12H26O4S6/c1-13-3-5-15-7-11(17)9-19-12(10-20-22-21-18)8-16-6-4-14-2/h11-12,17-18H,3-10H2,1-2H3. The lowest BCUT2D eigenvalue weighted by atomic mass is 10.5. The van der Waals surface area contributed by atoms with Crippen LogP contribution in [0, 0.1) is 0 Å². The Labute approximate surface area is 160 Å². The van der Waals surface area contributed by atoms with Gasteiger partial charge < -0.3 is 18.9 Å². The van der Waals surface area contributed by atoms with E-state index in [1.54, 1.807) is 34.8 Å². The lowest BCUT2D eigenvalue weighted by Crippen LogP contribution is -2.21. The monoisotopic (exact) mass is 426 g/mol. The van der Waals surface area contributed by atoms with Crippen molar-refractivity contribution in [3.8, 4) is 0 Å². The van der Waals surface area contributed by atoms with Crippen LogP contribution >= 0.6 is 66.5 Å². The molecule has 2 atom stereocenters. The maximum absolute atomic E-state index is 5.65. The molecule has 0 amide bonds. The molecule has 2 unspecified atom stereocenters. The predicted octanol–water partition coefficient (Wildman–Crippen LogP) is 3.59. The highest BCUT2D eigenvalue weighted by molar-refractivity contribution is 9.23. The molecule has 0 radical (unpaired) electrons. The van der Waals surface area contributed by atoms with Crippen molar-refractivity contribution >= 4 is 66.5 Å². The third-order valence-corrected chi connectivity index (χ3v) is 9.12. The van der Waals surface area contributed by atoms with E-state index >= 15 is 0 Å². The average Bonchev–Trinajstić information content (AvgIpc) is 2.52. The van der Waals surface area contributed by atoms with Gasteiger partial charge in [-0.3, -0.25) is 0 Å². The molecule has 0 heterocycles. The predicted molar refractivity (Wildman–Crippen MR) is 111 cm³/mol. The van der Waals surface area contributed by atoms with Gasteiger partial charge in [0.15, 0.2) is 0 Å². The second-order valence-corrected chi connectivity index (χ2v) is 11.2. The normalized spacial score (nSPS) is 14.2. The highest BCUT2D eigenvalue weighted by atomic mass is 33.7. The highest BCUT2D eigenvalue weighted by Crippen LogP contribution is 2.38. The van der Waals surface area contributed by atoms with Crippen LogP contribution in [0.1, 0.15) is 0 Å². The van der Waals surface area contributed by atoms with Crippen molar-refractivity contribution in [3.63, 3.8) is 0 Å². The summed E-state index contributed by atoms with van der Waals surface area (Å²) >= 11 is 10.6. The van der Waals surface area contributed by atoms with Gasteiger partial charge in [-0.15, -0.1) is 0 Å². The molecule has 134 valence electrons. The van der Waals surface area contributed by atoms with Crippen molar-refractivity contribution in [3.05, 3.63) is 0 Å². The zero-order chi connectivity index (χ0) is 16.5. The van der Waals surface area contributed by atoms with E-state index in [1.165, 1.54) is 9.83 Å². The number of thiol groups is 2. The third kappa shape index (κ3) is 16.8. The molecular weight excluding hydrogens is 401 g/mol. The summed E-state index contributed by atoms with van der Waals surface area (Å²) in [5.41, 5.74) is 0. The van der Waals surface area contributed by atoms with E-state index in [4.69, 9.17) is 18.9 Å². The number of rotatable bonds is 17. The van der Waals surface area contributed by atoms with Crippen molar-refractivity contribution in [2.45, 2.75) is 10.5 Å². The second kappa shape index (κ2) is 19.3. The van der Waals surface area contributed by atoms with Gasteiger partial charge in [-0.05, 0) is 19.7 Å². The lowest BCUT2D eigenvalue weighted by Gasteiger charge is -2.18. The zero-order valence-corrected chi connectivity index (χ0v) is 18.0. The maximum Gasteiger partial charge on any atom is 0.0700 e. The summed E-state index contributed by atoms with van der Waals surface area (Å²) in [5.74, 6) is 1.95. The zero-order valence-electron chi connectivity index (χ0n) is 13.0. The van der Waals surface area contributed by atoms with Gasteiger partial charge in [0, 0.05) is 36.2 Å². The molecule has 0 aliphatic rings. The fourth-order valence-corrected chi connectivity index (χ4v) is 6.46. The summed E-state index contributed by atoms with van der Waals surface area (Å²) in [6, 6.07) is 0. The Balaban J connectivity index is 3.82. The second-order valence-electron chi connectivity index (χ2n) is 4.17. The van der Waals surface area contributed by atoms with E-state index in [9.17, 15) is 0 Å². The van der Waals surface area contributed by atoms with Crippen LogP contribution in [0.15, 0.2) is 0 Å². The van der Waals surface area contributed by atoms with E-state index in [0.29, 0.717) is 38.3 Å². The molecule has 0 aromatic heterocycles. The minimum absolute atomic E-state index is 0.222. The minimum Gasteiger partial charge on any atom is -0.382 e. The van der Waals surface area contributed by atoms with Crippen molar-refractivity contribution < 1.29 is 18.9 Å². The van der Waals surface area contributed by atoms with Crippen LogP contribution in [-0.2, 0) is 18.9 Å². The van der Waals surface area contributed by atoms with Crippen molar-refractivity contribution in [1.29, 1.82) is 0 Å². The average molecular weight is 427 g/mol. The number of ether oxygens (including phenoxy) is 4. The van der Waals surface area contributed by atoms with Crippen molar-refractivity contribution in [2.75, 3.05) is 65.4 Å². The molecule has 0 fully saturated rings. The number of thioether (sulfide) groups is 1. The van der Waals surface area contributed by atoms with Gasteiger partial charge in [-0.2, -0.15) is 24.4 Å². The lowest BCUT2D eigenvalue weighted by molar-refractivity contribution is 0.0721. The van der Waals surface area contributed by atoms with Gasteiger partial charge >= 0.3 is 0 Å². The summed E-state index contributed by atoms with van der Waals surface area (Å²) in [6.45, 7) is 3.88. The quantitative estimate of drug-likeness (QED) is 0.208. The molecule has 0 spiro atoms. The van der Waals surface area contributed by atoms with E-state index < -0.39 is 0 Å². The summed E-state index contributed by atoms with van der Waals surface area (Å²) in [5, 5.41) is 0.656. The van der Waals surface area contributed by atoms with E-state index in [1.807, 2.05) is 11.8 Å². The van der Waals surface area contributed by atoms with Crippen molar-refractivity contribution in [1.82, 2.24) is 0 Å². The Morgan fingerprint density at radius 3 is 2.14 bits per heavy atom. The van der Waals surface area contributed by atoms with Gasteiger partial charge in [-0.1, -0.05) is 22.5 Å². The fourth-order valence-electron chi connectivity index (χ4n) is 1.28. The number of methoxy groups -OCH3 is 2. The summed E-state index contributed by atoms with van der Waals surface area (Å²) in [4.78, 5) is 0. The molecule has 0 rings (SSSR count). The Morgan fingerprint density at radius 2 is 1.55 bits per heavy atom. The Kier molecular flexibility index (Phi) is 21.0. The largest absolute Gasteiger partial charge is 0.382 e. The van der Waals surface area contributed by atoms with Crippen LogP contribution in [-0.4, -0.2) is 75.9 Å². The van der Waals surface area contributed by atoms with E-state index in [2.05, 4.69) is 24.3 Å². The number of hydrogen-bond donors (Lipinski definition) is 2. The first-order valence-electron chi connectivity index (χ1n) is 6.77. The first-order valence-corrected chi connectivity index (χ1v) is 13.0. The van der Waals surface area contributed by atoms with Crippen LogP contribution in [0.3, 0.4) is 0 Å². The maximum atomic E-state index is 5.65. The van der Waals surface area contributed by atoms with Gasteiger partial charge in [0.05, 0.1) is 39.6 Å².